The summed E-state index contributed by atoms with van der Waals surface area (Å²) in [7, 11) is -3.74. The van der Waals surface area contributed by atoms with E-state index in [1.165, 1.54) is 36.0 Å². The van der Waals surface area contributed by atoms with Crippen LogP contribution in [0.2, 0.25) is 0 Å². The number of aromatic amines is 1. The van der Waals surface area contributed by atoms with Crippen molar-refractivity contribution in [3.05, 3.63) is 83.3 Å². The van der Waals surface area contributed by atoms with E-state index in [1.807, 2.05) is 30.3 Å². The average molecular weight is 589 g/mol. The predicted octanol–water partition coefficient (Wildman–Crippen LogP) is 4.32. The average Bonchev–Trinajstić information content (AvgIpc) is 3.36. The topological polar surface area (TPSA) is 126 Å². The van der Waals surface area contributed by atoms with Gasteiger partial charge in [-0.1, -0.05) is 58.0 Å². The minimum atomic E-state index is -3.74. The van der Waals surface area contributed by atoms with Crippen LogP contribution in [-0.2, 0) is 14.8 Å². The zero-order valence-corrected chi connectivity index (χ0v) is 22.1. The first kappa shape index (κ1) is 25.7. The highest BCUT2D eigenvalue weighted by atomic mass is 79.9. The van der Waals surface area contributed by atoms with Gasteiger partial charge in [0.1, 0.15) is 5.75 Å². The van der Waals surface area contributed by atoms with Crippen LogP contribution in [0.25, 0.3) is 11.4 Å². The van der Waals surface area contributed by atoms with E-state index in [1.54, 1.807) is 24.3 Å². The lowest BCUT2D eigenvalue weighted by Gasteiger charge is -2.10. The van der Waals surface area contributed by atoms with Crippen LogP contribution in [0, 0.1) is 0 Å². The molecule has 0 unspecified atom stereocenters. The third-order valence-electron chi connectivity index (χ3n) is 4.77. The summed E-state index contributed by atoms with van der Waals surface area (Å²) in [5, 5.41) is 10.5. The molecule has 1 amide bonds. The molecule has 1 aromatic heterocycles. The molecular weight excluding hydrogens is 566 g/mol. The number of nitrogens with zero attached hydrogens (tertiary/aromatic N) is 2. The molecule has 0 saturated heterocycles. The Hall–Kier alpha value is -3.35. The molecule has 36 heavy (non-hydrogen) atoms. The highest BCUT2D eigenvalue weighted by molar-refractivity contribution is 9.10. The molecule has 0 saturated carbocycles. The van der Waals surface area contributed by atoms with Gasteiger partial charge in [0.15, 0.2) is 12.4 Å². The number of H-pyrrole nitrogens is 1. The Morgan fingerprint density at radius 2 is 1.72 bits per heavy atom. The minimum Gasteiger partial charge on any atom is -0.484 e. The summed E-state index contributed by atoms with van der Waals surface area (Å²) in [6.45, 7) is 0.230. The summed E-state index contributed by atoms with van der Waals surface area (Å²) < 4.78 is 33.9. The number of aromatic nitrogens is 3. The van der Waals surface area contributed by atoms with Gasteiger partial charge in [0.25, 0.3) is 15.9 Å². The first-order valence-corrected chi connectivity index (χ1v) is 14.0. The van der Waals surface area contributed by atoms with E-state index in [9.17, 15) is 13.2 Å². The molecule has 0 spiro atoms. The summed E-state index contributed by atoms with van der Waals surface area (Å²) >= 11 is 4.73. The third kappa shape index (κ3) is 7.33. The quantitative estimate of drug-likeness (QED) is 0.176. The zero-order valence-electron chi connectivity index (χ0n) is 18.8. The number of nitrogens with one attached hydrogen (secondary N) is 3. The fourth-order valence-electron chi connectivity index (χ4n) is 3.02. The van der Waals surface area contributed by atoms with Gasteiger partial charge in [-0.3, -0.25) is 14.6 Å². The van der Waals surface area contributed by atoms with Crippen molar-refractivity contribution in [2.24, 2.45) is 0 Å². The second-order valence-electron chi connectivity index (χ2n) is 7.40. The van der Waals surface area contributed by atoms with Gasteiger partial charge < -0.3 is 10.1 Å². The monoisotopic (exact) mass is 587 g/mol. The number of carbonyl (C=O) groups excluding carboxylic acids is 1. The standard InChI is InChI=1S/C24H22BrN5O4S2/c25-18-6-8-19(9-7-18)30-36(32,33)21-12-10-20(11-13-21)34-16-22(31)26-14-15-35-24-27-23(28-29-24)17-4-2-1-3-5-17/h1-13,30H,14-16H2,(H,26,31)(H,27,28,29). The molecule has 3 N–H and O–H groups in total. The number of ether oxygens (including phenoxy) is 1. The molecule has 0 aliphatic rings. The first-order valence-electron chi connectivity index (χ1n) is 10.8. The molecule has 4 rings (SSSR count). The van der Waals surface area contributed by atoms with Crippen molar-refractivity contribution in [2.75, 3.05) is 23.6 Å². The van der Waals surface area contributed by atoms with Gasteiger partial charge in [0.2, 0.25) is 5.16 Å². The number of carbonyl (C=O) groups is 1. The summed E-state index contributed by atoms with van der Waals surface area (Å²) in [4.78, 5) is 16.6. The van der Waals surface area contributed by atoms with Crippen LogP contribution < -0.4 is 14.8 Å². The van der Waals surface area contributed by atoms with Crippen molar-refractivity contribution in [3.63, 3.8) is 0 Å². The summed E-state index contributed by atoms with van der Waals surface area (Å²) in [6, 6.07) is 22.4. The Morgan fingerprint density at radius 3 is 2.44 bits per heavy atom. The van der Waals surface area contributed by atoms with E-state index < -0.39 is 10.0 Å². The predicted molar refractivity (Wildman–Crippen MR) is 142 cm³/mol. The van der Waals surface area contributed by atoms with Crippen molar-refractivity contribution in [3.8, 4) is 17.1 Å². The molecule has 186 valence electrons. The van der Waals surface area contributed by atoms with Crippen LogP contribution in [0.4, 0.5) is 5.69 Å². The zero-order chi connectivity index (χ0) is 25.4. The van der Waals surface area contributed by atoms with Crippen LogP contribution in [0.1, 0.15) is 0 Å². The fourth-order valence-corrected chi connectivity index (χ4v) is 4.99. The van der Waals surface area contributed by atoms with Crippen LogP contribution in [0.3, 0.4) is 0 Å². The van der Waals surface area contributed by atoms with Crippen LogP contribution in [-0.4, -0.2) is 48.4 Å². The lowest BCUT2D eigenvalue weighted by atomic mass is 10.2. The molecule has 0 aliphatic heterocycles. The van der Waals surface area contributed by atoms with Crippen molar-refractivity contribution >= 4 is 49.3 Å². The molecule has 0 atom stereocenters. The fraction of sp³-hybridized carbons (Fsp3) is 0.125. The SMILES string of the molecule is O=C(COc1ccc(S(=O)(=O)Nc2ccc(Br)cc2)cc1)NCCSc1n[nH]c(-c2ccccc2)n1. The highest BCUT2D eigenvalue weighted by Gasteiger charge is 2.14. The normalized spacial score (nSPS) is 11.1. The van der Waals surface area contributed by atoms with Crippen molar-refractivity contribution in [2.45, 2.75) is 10.1 Å². The molecular formula is C24H22BrN5O4S2. The number of rotatable bonds is 11. The molecule has 3 aromatic carbocycles. The lowest BCUT2D eigenvalue weighted by molar-refractivity contribution is -0.122. The van der Waals surface area contributed by atoms with Gasteiger partial charge >= 0.3 is 0 Å². The van der Waals surface area contributed by atoms with E-state index in [4.69, 9.17) is 4.74 Å². The van der Waals surface area contributed by atoms with Gasteiger partial charge in [-0.15, -0.1) is 5.10 Å². The van der Waals surface area contributed by atoms with Gasteiger partial charge in [-0.05, 0) is 48.5 Å². The van der Waals surface area contributed by atoms with E-state index in [-0.39, 0.29) is 17.4 Å². The Balaban J connectivity index is 1.18. The molecule has 9 nitrogen and oxygen atoms in total. The van der Waals surface area contributed by atoms with Gasteiger partial charge in [0.05, 0.1) is 4.90 Å². The Bertz CT molecular complexity index is 1400. The largest absolute Gasteiger partial charge is 0.484 e. The van der Waals surface area contributed by atoms with Crippen molar-refractivity contribution < 1.29 is 17.9 Å². The van der Waals surface area contributed by atoms with Gasteiger partial charge in [-0.2, -0.15) is 0 Å². The maximum atomic E-state index is 12.5. The van der Waals surface area contributed by atoms with Crippen LogP contribution >= 0.6 is 27.7 Å². The van der Waals surface area contributed by atoms with E-state index in [0.29, 0.717) is 34.7 Å². The maximum absolute atomic E-state index is 12.5. The number of thioether (sulfide) groups is 1. The summed E-state index contributed by atoms with van der Waals surface area (Å²) in [5.74, 6) is 1.38. The Morgan fingerprint density at radius 1 is 1.00 bits per heavy atom. The maximum Gasteiger partial charge on any atom is 0.261 e. The van der Waals surface area contributed by atoms with Gasteiger partial charge in [0, 0.05) is 28.0 Å². The molecule has 0 radical (unpaired) electrons. The number of hydrogen-bond donors (Lipinski definition) is 3. The van der Waals surface area contributed by atoms with E-state index >= 15 is 0 Å². The summed E-state index contributed by atoms with van der Waals surface area (Å²) in [6.07, 6.45) is 0. The Labute approximate surface area is 221 Å². The van der Waals surface area contributed by atoms with Crippen LogP contribution in [0.5, 0.6) is 5.75 Å². The third-order valence-corrected chi connectivity index (χ3v) is 7.54. The summed E-state index contributed by atoms with van der Waals surface area (Å²) in [5.41, 5.74) is 1.40. The van der Waals surface area contributed by atoms with Crippen LogP contribution in [0.15, 0.2) is 93.4 Å². The number of sulfonamides is 1. The second-order valence-corrected chi connectivity index (χ2v) is 11.1. The van der Waals surface area contributed by atoms with E-state index in [2.05, 4.69) is 41.2 Å². The minimum absolute atomic E-state index is 0.0849. The highest BCUT2D eigenvalue weighted by Crippen LogP contribution is 2.21. The Kier molecular flexibility index (Phi) is 8.62. The second kappa shape index (κ2) is 12.1. The van der Waals surface area contributed by atoms with Crippen molar-refractivity contribution in [1.29, 1.82) is 0 Å². The van der Waals surface area contributed by atoms with Gasteiger partial charge in [-0.25, -0.2) is 13.4 Å². The molecule has 0 aliphatic carbocycles. The molecule has 1 heterocycles. The number of benzene rings is 3. The number of amides is 1. The molecule has 12 heteroatoms. The molecule has 0 bridgehead atoms. The number of hydrogen-bond acceptors (Lipinski definition) is 7. The van der Waals surface area contributed by atoms with Crippen molar-refractivity contribution in [1.82, 2.24) is 20.5 Å². The number of anilines is 1. The molecule has 4 aromatic rings. The first-order chi connectivity index (χ1) is 17.4. The van der Waals surface area contributed by atoms with E-state index in [0.717, 1.165) is 10.0 Å². The molecule has 0 fully saturated rings. The lowest BCUT2D eigenvalue weighted by Crippen LogP contribution is -2.30. The number of halogens is 1. The smallest absolute Gasteiger partial charge is 0.261 e.